The molecule has 0 atom stereocenters. The number of nitrogens with one attached hydrogen (secondary N) is 1. The first-order valence-corrected chi connectivity index (χ1v) is 5.47. The van der Waals surface area contributed by atoms with E-state index >= 15 is 0 Å². The minimum absolute atomic E-state index is 0.922. The Hall–Kier alpha value is -1.08. The summed E-state index contributed by atoms with van der Waals surface area (Å²) in [5, 5.41) is 3.18. The average molecular weight is 205 g/mol. The maximum atomic E-state index is 3.18. The van der Waals surface area contributed by atoms with Gasteiger partial charge in [0.05, 0.1) is 0 Å². The Labute approximate surface area is 94.3 Å². The van der Waals surface area contributed by atoms with E-state index in [2.05, 4.69) is 56.5 Å². The van der Waals surface area contributed by atoms with Crippen LogP contribution in [0.1, 0.15) is 27.7 Å². The molecule has 0 aliphatic heterocycles. The smallest absolute Gasteiger partial charge is 0.0201 e. The third-order valence-corrected chi connectivity index (χ3v) is 2.30. The molecule has 84 valence electrons. The van der Waals surface area contributed by atoms with Gasteiger partial charge in [-0.25, -0.2) is 0 Å². The summed E-state index contributed by atoms with van der Waals surface area (Å²) in [5.41, 5.74) is 3.92. The van der Waals surface area contributed by atoms with Crippen LogP contribution in [0, 0.1) is 0 Å². The van der Waals surface area contributed by atoms with Crippen LogP contribution in [0.25, 0.3) is 0 Å². The molecule has 0 aromatic carbocycles. The van der Waals surface area contributed by atoms with E-state index < -0.39 is 0 Å². The van der Waals surface area contributed by atoms with Gasteiger partial charge in [-0.3, -0.25) is 0 Å². The zero-order valence-electron chi connectivity index (χ0n) is 10.6. The number of hydrogen-bond acceptors (Lipinski definition) is 1. The number of hydrogen-bond donors (Lipinski definition) is 1. The molecule has 0 rings (SSSR count). The fraction of sp³-hybridized carbons (Fsp3) is 0.429. The fourth-order valence-electron chi connectivity index (χ4n) is 1.42. The maximum Gasteiger partial charge on any atom is 0.0201 e. The highest BCUT2D eigenvalue weighted by molar-refractivity contribution is 5.40. The molecule has 0 saturated heterocycles. The van der Waals surface area contributed by atoms with Crippen LogP contribution in [-0.2, 0) is 0 Å². The molecule has 0 heterocycles. The van der Waals surface area contributed by atoms with Crippen molar-refractivity contribution in [1.29, 1.82) is 0 Å². The molecule has 0 aromatic rings. The van der Waals surface area contributed by atoms with Crippen LogP contribution in [0.2, 0.25) is 0 Å². The SMILES string of the molecule is C/C=C(\C=C(C)/C(=C\C)CNC)/C=C/C. The van der Waals surface area contributed by atoms with Crippen molar-refractivity contribution in [1.82, 2.24) is 5.32 Å². The van der Waals surface area contributed by atoms with E-state index in [0.29, 0.717) is 0 Å². The molecular formula is C14H23N. The van der Waals surface area contributed by atoms with Crippen LogP contribution < -0.4 is 5.32 Å². The van der Waals surface area contributed by atoms with Gasteiger partial charge < -0.3 is 5.32 Å². The van der Waals surface area contributed by atoms with Gasteiger partial charge in [-0.2, -0.15) is 0 Å². The molecule has 15 heavy (non-hydrogen) atoms. The number of likely N-dealkylation sites (N-methyl/N-ethyl adjacent to an activating group) is 1. The highest BCUT2D eigenvalue weighted by Gasteiger charge is 1.97. The molecule has 0 saturated carbocycles. The lowest BCUT2D eigenvalue weighted by atomic mass is 10.0. The van der Waals surface area contributed by atoms with Crippen molar-refractivity contribution < 1.29 is 0 Å². The molecule has 0 fully saturated rings. The molecule has 0 radical (unpaired) electrons. The van der Waals surface area contributed by atoms with E-state index in [-0.39, 0.29) is 0 Å². The monoisotopic (exact) mass is 205 g/mol. The maximum absolute atomic E-state index is 3.18. The van der Waals surface area contributed by atoms with Crippen molar-refractivity contribution in [3.8, 4) is 0 Å². The molecule has 0 aliphatic carbocycles. The molecule has 0 spiro atoms. The second-order valence-corrected chi connectivity index (χ2v) is 3.46. The summed E-state index contributed by atoms with van der Waals surface area (Å²) in [6.45, 7) is 9.25. The highest BCUT2D eigenvalue weighted by atomic mass is 14.8. The molecule has 0 aromatic heterocycles. The summed E-state index contributed by atoms with van der Waals surface area (Å²) in [6.07, 6.45) is 10.7. The largest absolute Gasteiger partial charge is 0.316 e. The first kappa shape index (κ1) is 13.9. The van der Waals surface area contributed by atoms with Crippen LogP contribution in [0.3, 0.4) is 0 Å². The molecule has 0 aliphatic rings. The first-order valence-electron chi connectivity index (χ1n) is 5.47. The topological polar surface area (TPSA) is 12.0 Å². The lowest BCUT2D eigenvalue weighted by Gasteiger charge is -2.07. The Morgan fingerprint density at radius 2 is 1.80 bits per heavy atom. The quantitative estimate of drug-likeness (QED) is 0.676. The summed E-state index contributed by atoms with van der Waals surface area (Å²) in [7, 11) is 1.97. The van der Waals surface area contributed by atoms with Crippen LogP contribution in [0.4, 0.5) is 0 Å². The van der Waals surface area contributed by atoms with E-state index in [1.807, 2.05) is 14.0 Å². The summed E-state index contributed by atoms with van der Waals surface area (Å²) in [4.78, 5) is 0. The van der Waals surface area contributed by atoms with Gasteiger partial charge in [0.25, 0.3) is 0 Å². The van der Waals surface area contributed by atoms with Gasteiger partial charge in [-0.05, 0) is 51.5 Å². The lowest BCUT2D eigenvalue weighted by molar-refractivity contribution is 0.883. The van der Waals surface area contributed by atoms with Crippen molar-refractivity contribution in [3.63, 3.8) is 0 Å². The van der Waals surface area contributed by atoms with Gasteiger partial charge in [0.2, 0.25) is 0 Å². The van der Waals surface area contributed by atoms with E-state index in [0.717, 1.165) is 6.54 Å². The molecular weight excluding hydrogens is 182 g/mol. The molecule has 1 nitrogen and oxygen atoms in total. The van der Waals surface area contributed by atoms with Crippen LogP contribution >= 0.6 is 0 Å². The first-order chi connectivity index (χ1) is 7.19. The number of rotatable bonds is 5. The summed E-state index contributed by atoms with van der Waals surface area (Å²) in [6, 6.07) is 0. The highest BCUT2D eigenvalue weighted by Crippen LogP contribution is 2.12. The van der Waals surface area contributed by atoms with Crippen molar-refractivity contribution in [2.75, 3.05) is 13.6 Å². The van der Waals surface area contributed by atoms with E-state index in [1.165, 1.54) is 16.7 Å². The van der Waals surface area contributed by atoms with Crippen molar-refractivity contribution in [2.24, 2.45) is 0 Å². The van der Waals surface area contributed by atoms with Crippen LogP contribution in [0.15, 0.2) is 47.1 Å². The predicted molar refractivity (Wildman–Crippen MR) is 70.0 cm³/mol. The van der Waals surface area contributed by atoms with Gasteiger partial charge in [0, 0.05) is 6.54 Å². The second-order valence-electron chi connectivity index (χ2n) is 3.46. The van der Waals surface area contributed by atoms with Gasteiger partial charge in [-0.15, -0.1) is 0 Å². The van der Waals surface area contributed by atoms with Crippen LogP contribution in [-0.4, -0.2) is 13.6 Å². The predicted octanol–water partition coefficient (Wildman–Crippen LogP) is 3.62. The Balaban J connectivity index is 4.80. The average Bonchev–Trinajstić information content (AvgIpc) is 2.24. The molecule has 0 amide bonds. The lowest BCUT2D eigenvalue weighted by Crippen LogP contribution is -2.11. The van der Waals surface area contributed by atoms with Crippen molar-refractivity contribution in [3.05, 3.63) is 47.1 Å². The molecule has 1 heteroatoms. The molecule has 1 N–H and O–H groups in total. The summed E-state index contributed by atoms with van der Waals surface area (Å²) < 4.78 is 0. The summed E-state index contributed by atoms with van der Waals surface area (Å²) >= 11 is 0. The van der Waals surface area contributed by atoms with E-state index in [9.17, 15) is 0 Å². The Morgan fingerprint density at radius 1 is 1.13 bits per heavy atom. The Bertz CT molecular complexity index is 290. The van der Waals surface area contributed by atoms with E-state index in [4.69, 9.17) is 0 Å². The molecule has 0 bridgehead atoms. The number of allylic oxidation sites excluding steroid dienone is 6. The minimum atomic E-state index is 0.922. The standard InChI is InChI=1S/C14H23N/c1-6-9-13(7-2)10-12(4)14(8-3)11-15-5/h6-10,15H,11H2,1-5H3/b9-6+,12-10-,13-7-,14-8-. The molecule has 0 unspecified atom stereocenters. The third kappa shape index (κ3) is 5.38. The third-order valence-electron chi connectivity index (χ3n) is 2.30. The van der Waals surface area contributed by atoms with Crippen LogP contribution in [0.5, 0.6) is 0 Å². The zero-order chi connectivity index (χ0) is 11.7. The van der Waals surface area contributed by atoms with Crippen molar-refractivity contribution >= 4 is 0 Å². The summed E-state index contributed by atoms with van der Waals surface area (Å²) in [5.74, 6) is 0. The van der Waals surface area contributed by atoms with Gasteiger partial charge in [0.15, 0.2) is 0 Å². The zero-order valence-corrected chi connectivity index (χ0v) is 10.6. The van der Waals surface area contributed by atoms with Gasteiger partial charge in [-0.1, -0.05) is 30.4 Å². The Kier molecular flexibility index (Phi) is 7.65. The second kappa shape index (κ2) is 8.25. The van der Waals surface area contributed by atoms with Crippen molar-refractivity contribution in [2.45, 2.75) is 27.7 Å². The normalized spacial score (nSPS) is 15.1. The fourth-order valence-corrected chi connectivity index (χ4v) is 1.42. The Morgan fingerprint density at radius 3 is 2.20 bits per heavy atom. The minimum Gasteiger partial charge on any atom is -0.316 e. The van der Waals surface area contributed by atoms with Gasteiger partial charge >= 0.3 is 0 Å². The van der Waals surface area contributed by atoms with E-state index in [1.54, 1.807) is 0 Å². The van der Waals surface area contributed by atoms with Gasteiger partial charge in [0.1, 0.15) is 0 Å².